The fraction of sp³-hybridized carbons (Fsp3) is 0.318. The predicted molar refractivity (Wildman–Crippen MR) is 118 cm³/mol. The molecular weight excluding hydrogens is 418 g/mol. The summed E-state index contributed by atoms with van der Waals surface area (Å²) in [6, 6.07) is 8.08. The van der Waals surface area contributed by atoms with Crippen molar-refractivity contribution in [1.82, 2.24) is 4.90 Å². The Labute approximate surface area is 183 Å². The second-order valence-electron chi connectivity index (χ2n) is 7.42. The van der Waals surface area contributed by atoms with Gasteiger partial charge in [0.2, 0.25) is 11.8 Å². The SMILES string of the molecule is O=C(Nc1ccc(N2CCOCC2=O)cc1)[C@H]1C[C@@H](O)CN1C(=O)/C=C/c1ccsc1. The number of thiophene rings is 1. The number of anilines is 2. The summed E-state index contributed by atoms with van der Waals surface area (Å²) in [5.41, 5.74) is 2.20. The number of likely N-dealkylation sites (tertiary alicyclic amines) is 1. The molecule has 9 heteroatoms. The van der Waals surface area contributed by atoms with E-state index in [1.54, 1.807) is 35.2 Å². The number of benzene rings is 1. The second kappa shape index (κ2) is 9.42. The van der Waals surface area contributed by atoms with E-state index in [1.165, 1.54) is 22.3 Å². The number of nitrogens with zero attached hydrogens (tertiary/aromatic N) is 2. The summed E-state index contributed by atoms with van der Waals surface area (Å²) in [7, 11) is 0. The summed E-state index contributed by atoms with van der Waals surface area (Å²) >= 11 is 1.53. The van der Waals surface area contributed by atoms with E-state index in [0.29, 0.717) is 18.8 Å². The summed E-state index contributed by atoms with van der Waals surface area (Å²) in [5, 5.41) is 16.7. The van der Waals surface area contributed by atoms with Crippen molar-refractivity contribution in [3.63, 3.8) is 0 Å². The molecule has 2 fully saturated rings. The zero-order chi connectivity index (χ0) is 21.8. The first-order chi connectivity index (χ1) is 15.0. The first kappa shape index (κ1) is 21.2. The molecule has 2 saturated heterocycles. The zero-order valence-corrected chi connectivity index (χ0v) is 17.6. The quantitative estimate of drug-likeness (QED) is 0.689. The van der Waals surface area contributed by atoms with Crippen LogP contribution in [-0.2, 0) is 19.1 Å². The summed E-state index contributed by atoms with van der Waals surface area (Å²) in [4.78, 5) is 40.4. The van der Waals surface area contributed by atoms with Crippen molar-refractivity contribution >= 4 is 46.5 Å². The fourth-order valence-electron chi connectivity index (χ4n) is 3.68. The topological polar surface area (TPSA) is 99.2 Å². The number of carbonyl (C=O) groups excluding carboxylic acids is 3. The second-order valence-corrected chi connectivity index (χ2v) is 8.20. The number of amides is 3. The highest BCUT2D eigenvalue weighted by atomic mass is 32.1. The van der Waals surface area contributed by atoms with E-state index < -0.39 is 12.1 Å². The molecule has 3 amide bonds. The van der Waals surface area contributed by atoms with Gasteiger partial charge in [0.25, 0.3) is 5.91 Å². The van der Waals surface area contributed by atoms with Crippen molar-refractivity contribution < 1.29 is 24.2 Å². The third-order valence-electron chi connectivity index (χ3n) is 5.26. The first-order valence-corrected chi connectivity index (χ1v) is 10.9. The molecule has 0 radical (unpaired) electrons. The molecular formula is C22H23N3O5S. The molecule has 8 nitrogen and oxygen atoms in total. The lowest BCUT2D eigenvalue weighted by atomic mass is 10.1. The van der Waals surface area contributed by atoms with Crippen molar-refractivity contribution in [3.8, 4) is 0 Å². The highest BCUT2D eigenvalue weighted by molar-refractivity contribution is 7.08. The highest BCUT2D eigenvalue weighted by Crippen LogP contribution is 2.23. The Morgan fingerprint density at radius 2 is 2.03 bits per heavy atom. The molecule has 1 aromatic heterocycles. The van der Waals surface area contributed by atoms with Gasteiger partial charge in [0.1, 0.15) is 12.6 Å². The number of hydrogen-bond donors (Lipinski definition) is 2. The molecule has 2 aliphatic rings. The van der Waals surface area contributed by atoms with Crippen LogP contribution in [0.3, 0.4) is 0 Å². The Balaban J connectivity index is 1.40. The maximum absolute atomic E-state index is 12.8. The van der Waals surface area contributed by atoms with Gasteiger partial charge < -0.3 is 25.0 Å². The van der Waals surface area contributed by atoms with Gasteiger partial charge in [0.15, 0.2) is 0 Å². The monoisotopic (exact) mass is 441 g/mol. The van der Waals surface area contributed by atoms with Crippen LogP contribution in [0.25, 0.3) is 6.08 Å². The van der Waals surface area contributed by atoms with Crippen LogP contribution < -0.4 is 10.2 Å². The average Bonchev–Trinajstić information content (AvgIpc) is 3.43. The van der Waals surface area contributed by atoms with Crippen LogP contribution in [0.2, 0.25) is 0 Å². The fourth-order valence-corrected chi connectivity index (χ4v) is 4.31. The summed E-state index contributed by atoms with van der Waals surface area (Å²) < 4.78 is 5.14. The maximum atomic E-state index is 12.8. The van der Waals surface area contributed by atoms with Gasteiger partial charge in [-0.3, -0.25) is 14.4 Å². The number of nitrogens with one attached hydrogen (secondary N) is 1. The Morgan fingerprint density at radius 3 is 2.74 bits per heavy atom. The Hall–Kier alpha value is -3.01. The molecule has 0 saturated carbocycles. The molecule has 0 aliphatic carbocycles. The van der Waals surface area contributed by atoms with Gasteiger partial charge in [0.05, 0.1) is 12.7 Å². The van der Waals surface area contributed by atoms with Crippen molar-refractivity contribution in [2.75, 3.05) is 36.5 Å². The Bertz CT molecular complexity index is 974. The number of carbonyl (C=O) groups is 3. The van der Waals surface area contributed by atoms with Gasteiger partial charge in [-0.2, -0.15) is 11.3 Å². The van der Waals surface area contributed by atoms with Crippen LogP contribution in [0.1, 0.15) is 12.0 Å². The van der Waals surface area contributed by atoms with E-state index in [2.05, 4.69) is 5.32 Å². The van der Waals surface area contributed by atoms with E-state index in [4.69, 9.17) is 4.74 Å². The van der Waals surface area contributed by atoms with Crippen molar-refractivity contribution in [2.45, 2.75) is 18.6 Å². The summed E-state index contributed by atoms with van der Waals surface area (Å²) in [6.45, 7) is 1.15. The number of aliphatic hydroxyl groups is 1. The zero-order valence-electron chi connectivity index (χ0n) is 16.8. The highest BCUT2D eigenvalue weighted by Gasteiger charge is 2.38. The number of β-amino-alcohol motifs (C(OH)–C–C–N with tert-alkyl or cyclic N) is 1. The molecule has 2 aromatic rings. The largest absolute Gasteiger partial charge is 0.391 e. The summed E-state index contributed by atoms with van der Waals surface area (Å²) in [5.74, 6) is -0.777. The molecule has 3 heterocycles. The van der Waals surface area contributed by atoms with Gasteiger partial charge in [-0.25, -0.2) is 0 Å². The lowest BCUT2D eigenvalue weighted by Gasteiger charge is -2.27. The van der Waals surface area contributed by atoms with E-state index in [-0.39, 0.29) is 37.3 Å². The van der Waals surface area contributed by atoms with Crippen LogP contribution in [0.15, 0.2) is 47.2 Å². The van der Waals surface area contributed by atoms with Crippen LogP contribution in [-0.4, -0.2) is 66.2 Å². The lowest BCUT2D eigenvalue weighted by Crippen LogP contribution is -2.42. The minimum atomic E-state index is -0.755. The summed E-state index contributed by atoms with van der Waals surface area (Å²) in [6.07, 6.45) is 2.56. The Morgan fingerprint density at radius 1 is 1.23 bits per heavy atom. The van der Waals surface area contributed by atoms with E-state index >= 15 is 0 Å². The number of ether oxygens (including phenoxy) is 1. The number of rotatable bonds is 5. The van der Waals surface area contributed by atoms with Gasteiger partial charge in [-0.15, -0.1) is 0 Å². The third-order valence-corrected chi connectivity index (χ3v) is 5.96. The normalized spacial score (nSPS) is 21.6. The molecule has 2 N–H and O–H groups in total. The third kappa shape index (κ3) is 5.01. The van der Waals surface area contributed by atoms with E-state index in [0.717, 1.165) is 11.3 Å². The van der Waals surface area contributed by atoms with Gasteiger partial charge >= 0.3 is 0 Å². The Kier molecular flexibility index (Phi) is 6.45. The molecule has 4 rings (SSSR count). The van der Waals surface area contributed by atoms with Gasteiger partial charge in [-0.1, -0.05) is 0 Å². The maximum Gasteiger partial charge on any atom is 0.253 e. The number of morpholine rings is 1. The molecule has 1 aromatic carbocycles. The smallest absolute Gasteiger partial charge is 0.253 e. The number of aliphatic hydroxyl groups excluding tert-OH is 1. The molecule has 0 spiro atoms. The van der Waals surface area contributed by atoms with Crippen LogP contribution in [0.4, 0.5) is 11.4 Å². The molecule has 0 unspecified atom stereocenters. The van der Waals surface area contributed by atoms with Gasteiger partial charge in [-0.05, 0) is 52.7 Å². The molecule has 31 heavy (non-hydrogen) atoms. The predicted octanol–water partition coefficient (Wildman–Crippen LogP) is 1.72. The molecule has 2 atom stereocenters. The van der Waals surface area contributed by atoms with Crippen LogP contribution >= 0.6 is 11.3 Å². The number of hydrogen-bond acceptors (Lipinski definition) is 6. The van der Waals surface area contributed by atoms with Gasteiger partial charge in [0, 0.05) is 37.0 Å². The van der Waals surface area contributed by atoms with Crippen LogP contribution in [0.5, 0.6) is 0 Å². The van der Waals surface area contributed by atoms with E-state index in [1.807, 2.05) is 16.8 Å². The van der Waals surface area contributed by atoms with Crippen LogP contribution in [0, 0.1) is 0 Å². The standard InChI is InChI=1S/C22H23N3O5S/c26-18-11-19(25(12-18)20(27)6-1-15-7-10-31-14-15)22(29)23-16-2-4-17(5-3-16)24-8-9-30-13-21(24)28/h1-7,10,14,18-19,26H,8-9,11-13H2,(H,23,29)/b6-1+/t18-,19-/m1/s1. The first-order valence-electron chi connectivity index (χ1n) is 9.99. The lowest BCUT2D eigenvalue weighted by molar-refractivity contribution is -0.132. The average molecular weight is 442 g/mol. The molecule has 2 aliphatic heterocycles. The van der Waals surface area contributed by atoms with Crippen molar-refractivity contribution in [3.05, 3.63) is 52.7 Å². The van der Waals surface area contributed by atoms with E-state index in [9.17, 15) is 19.5 Å². The molecule has 0 bridgehead atoms. The van der Waals surface area contributed by atoms with Crippen molar-refractivity contribution in [1.29, 1.82) is 0 Å². The minimum absolute atomic E-state index is 0.0627. The minimum Gasteiger partial charge on any atom is -0.391 e. The van der Waals surface area contributed by atoms with Crippen molar-refractivity contribution in [2.24, 2.45) is 0 Å². The molecule has 162 valence electrons.